The van der Waals surface area contributed by atoms with Crippen molar-refractivity contribution in [3.63, 3.8) is 0 Å². The highest BCUT2D eigenvalue weighted by atomic mass is 16.3. The molecule has 0 aliphatic rings. The Balaban J connectivity index is 0.000000561. The number of benzene rings is 1. The Morgan fingerprint density at radius 3 is 2.25 bits per heavy atom. The molecular weight excluding hydrogens is 150 g/mol. The van der Waals surface area contributed by atoms with Crippen molar-refractivity contribution in [1.82, 2.24) is 0 Å². The fourth-order valence-corrected chi connectivity index (χ4v) is 0.904. The number of hydrogen-bond donors (Lipinski definition) is 2. The van der Waals surface area contributed by atoms with E-state index >= 15 is 0 Å². The first kappa shape index (κ1) is 10.8. The molecule has 12 heavy (non-hydrogen) atoms. The van der Waals surface area contributed by atoms with Crippen LogP contribution in [-0.4, -0.2) is 5.11 Å². The zero-order valence-corrected chi connectivity index (χ0v) is 7.96. The molecule has 0 saturated carbocycles. The van der Waals surface area contributed by atoms with Gasteiger partial charge in [0.1, 0.15) is 5.75 Å². The van der Waals surface area contributed by atoms with Crippen molar-refractivity contribution < 1.29 is 5.11 Å². The number of nitrogens with two attached hydrogens (primary N) is 1. The molecule has 0 amide bonds. The topological polar surface area (TPSA) is 46.2 Å². The van der Waals surface area contributed by atoms with E-state index in [0.29, 0.717) is 5.69 Å². The van der Waals surface area contributed by atoms with Gasteiger partial charge in [-0.3, -0.25) is 0 Å². The van der Waals surface area contributed by atoms with Crippen LogP contribution in [0.25, 0.3) is 0 Å². The second kappa shape index (κ2) is 5.47. The molecule has 0 aliphatic carbocycles. The van der Waals surface area contributed by atoms with E-state index in [0.717, 1.165) is 12.0 Å². The normalized spacial score (nSPS) is 8.58. The summed E-state index contributed by atoms with van der Waals surface area (Å²) in [5.74, 6) is 0.247. The second-order valence-corrected chi connectivity index (χ2v) is 2.29. The smallest absolute Gasteiger partial charge is 0.117 e. The maximum Gasteiger partial charge on any atom is 0.117 e. The lowest BCUT2D eigenvalue weighted by Gasteiger charge is -1.99. The number of aromatic hydroxyl groups is 1. The molecule has 0 aromatic heterocycles. The van der Waals surface area contributed by atoms with Crippen molar-refractivity contribution >= 4 is 5.69 Å². The van der Waals surface area contributed by atoms with Crippen molar-refractivity contribution in [2.45, 2.75) is 27.2 Å². The lowest BCUT2D eigenvalue weighted by molar-refractivity contribution is 0.475. The summed E-state index contributed by atoms with van der Waals surface area (Å²) in [4.78, 5) is 0. The van der Waals surface area contributed by atoms with Gasteiger partial charge in [-0.15, -0.1) is 0 Å². The Bertz CT molecular complexity index is 213. The largest absolute Gasteiger partial charge is 0.508 e. The third-order valence-electron chi connectivity index (χ3n) is 1.41. The standard InChI is InChI=1S/C8H11NO.C2H6/c1-2-6-3-7(9)5-8(10)4-6;1-2/h3-5,10H,2,9H2,1H3;1-2H3. The first-order chi connectivity index (χ1) is 5.72. The zero-order valence-electron chi connectivity index (χ0n) is 7.96. The van der Waals surface area contributed by atoms with Crippen LogP contribution in [-0.2, 0) is 6.42 Å². The summed E-state index contributed by atoms with van der Waals surface area (Å²) in [6.07, 6.45) is 0.901. The summed E-state index contributed by atoms with van der Waals surface area (Å²) in [5.41, 5.74) is 7.16. The molecule has 0 bridgehead atoms. The number of nitrogen functional groups attached to an aromatic ring is 1. The second-order valence-electron chi connectivity index (χ2n) is 2.29. The van der Waals surface area contributed by atoms with E-state index in [4.69, 9.17) is 10.8 Å². The van der Waals surface area contributed by atoms with Crippen molar-refractivity contribution in [3.05, 3.63) is 23.8 Å². The van der Waals surface area contributed by atoms with Gasteiger partial charge in [0.15, 0.2) is 0 Å². The van der Waals surface area contributed by atoms with Gasteiger partial charge in [0.2, 0.25) is 0 Å². The molecule has 0 unspecified atom stereocenters. The quantitative estimate of drug-likeness (QED) is 0.631. The van der Waals surface area contributed by atoms with E-state index in [1.165, 1.54) is 0 Å². The van der Waals surface area contributed by atoms with E-state index in [-0.39, 0.29) is 5.75 Å². The van der Waals surface area contributed by atoms with E-state index in [1.807, 2.05) is 26.8 Å². The zero-order chi connectivity index (χ0) is 9.56. The van der Waals surface area contributed by atoms with Crippen LogP contribution in [0.5, 0.6) is 5.75 Å². The van der Waals surface area contributed by atoms with Gasteiger partial charge in [-0.2, -0.15) is 0 Å². The maximum atomic E-state index is 9.04. The van der Waals surface area contributed by atoms with Crippen LogP contribution in [0.3, 0.4) is 0 Å². The summed E-state index contributed by atoms with van der Waals surface area (Å²) in [6.45, 7) is 6.02. The Kier molecular flexibility index (Phi) is 4.93. The van der Waals surface area contributed by atoms with Gasteiger partial charge in [0.05, 0.1) is 0 Å². The van der Waals surface area contributed by atoms with Gasteiger partial charge in [-0.05, 0) is 24.1 Å². The predicted octanol–water partition coefficient (Wildman–Crippen LogP) is 2.56. The fourth-order valence-electron chi connectivity index (χ4n) is 0.904. The van der Waals surface area contributed by atoms with Gasteiger partial charge in [-0.1, -0.05) is 20.8 Å². The number of anilines is 1. The molecule has 68 valence electrons. The molecule has 0 spiro atoms. The highest BCUT2D eigenvalue weighted by molar-refractivity contribution is 5.46. The lowest BCUT2D eigenvalue weighted by Crippen LogP contribution is -1.86. The van der Waals surface area contributed by atoms with Crippen LogP contribution in [0.1, 0.15) is 26.3 Å². The van der Waals surface area contributed by atoms with Crippen molar-refractivity contribution in [1.29, 1.82) is 0 Å². The van der Waals surface area contributed by atoms with E-state index < -0.39 is 0 Å². The number of rotatable bonds is 1. The SMILES string of the molecule is CC.CCc1cc(N)cc(O)c1. The molecular formula is C10H17NO. The Morgan fingerprint density at radius 1 is 1.25 bits per heavy atom. The van der Waals surface area contributed by atoms with Crippen LogP contribution in [0, 0.1) is 0 Å². The molecule has 0 heterocycles. The summed E-state index contributed by atoms with van der Waals surface area (Å²) in [5, 5.41) is 9.04. The van der Waals surface area contributed by atoms with Gasteiger partial charge in [0.25, 0.3) is 0 Å². The minimum Gasteiger partial charge on any atom is -0.508 e. The molecule has 2 heteroatoms. The van der Waals surface area contributed by atoms with Crippen LogP contribution in [0.4, 0.5) is 5.69 Å². The molecule has 0 atom stereocenters. The van der Waals surface area contributed by atoms with Crippen LogP contribution >= 0.6 is 0 Å². The molecule has 1 aromatic rings. The highest BCUT2D eigenvalue weighted by Gasteiger charge is 1.93. The molecule has 0 saturated heterocycles. The monoisotopic (exact) mass is 167 g/mol. The third-order valence-corrected chi connectivity index (χ3v) is 1.41. The molecule has 3 N–H and O–H groups in total. The Morgan fingerprint density at radius 2 is 1.83 bits per heavy atom. The lowest BCUT2D eigenvalue weighted by atomic mass is 10.1. The predicted molar refractivity (Wildman–Crippen MR) is 53.2 cm³/mol. The highest BCUT2D eigenvalue weighted by Crippen LogP contribution is 2.16. The fraction of sp³-hybridized carbons (Fsp3) is 0.400. The Hall–Kier alpha value is -1.18. The van der Waals surface area contributed by atoms with Gasteiger partial charge >= 0.3 is 0 Å². The maximum absolute atomic E-state index is 9.04. The average Bonchev–Trinajstić information content (AvgIpc) is 2.06. The number of phenolic OH excluding ortho intramolecular Hbond substituents is 1. The van der Waals surface area contributed by atoms with Gasteiger partial charge in [0, 0.05) is 11.8 Å². The van der Waals surface area contributed by atoms with Gasteiger partial charge in [-0.25, -0.2) is 0 Å². The van der Waals surface area contributed by atoms with Crippen LogP contribution in [0.2, 0.25) is 0 Å². The molecule has 0 radical (unpaired) electrons. The van der Waals surface area contributed by atoms with E-state index in [2.05, 4.69) is 0 Å². The number of aryl methyl sites for hydroxylation is 1. The summed E-state index contributed by atoms with van der Waals surface area (Å²) in [7, 11) is 0. The summed E-state index contributed by atoms with van der Waals surface area (Å²) in [6, 6.07) is 5.12. The van der Waals surface area contributed by atoms with E-state index in [9.17, 15) is 0 Å². The third kappa shape index (κ3) is 3.28. The van der Waals surface area contributed by atoms with E-state index in [1.54, 1.807) is 12.1 Å². The Labute approximate surface area is 74.0 Å². The average molecular weight is 167 g/mol. The number of hydrogen-bond acceptors (Lipinski definition) is 2. The van der Waals surface area contributed by atoms with Crippen molar-refractivity contribution in [2.75, 3.05) is 5.73 Å². The van der Waals surface area contributed by atoms with Crippen LogP contribution < -0.4 is 5.73 Å². The summed E-state index contributed by atoms with van der Waals surface area (Å²) >= 11 is 0. The molecule has 0 fully saturated rings. The van der Waals surface area contributed by atoms with Gasteiger partial charge < -0.3 is 10.8 Å². The molecule has 0 aliphatic heterocycles. The molecule has 1 rings (SSSR count). The molecule has 2 nitrogen and oxygen atoms in total. The van der Waals surface area contributed by atoms with Crippen molar-refractivity contribution in [3.8, 4) is 5.75 Å². The first-order valence-electron chi connectivity index (χ1n) is 4.30. The van der Waals surface area contributed by atoms with Crippen LogP contribution in [0.15, 0.2) is 18.2 Å². The van der Waals surface area contributed by atoms with Crippen molar-refractivity contribution in [2.24, 2.45) is 0 Å². The first-order valence-corrected chi connectivity index (χ1v) is 4.30. The number of phenols is 1. The minimum atomic E-state index is 0.247. The minimum absolute atomic E-state index is 0.247. The summed E-state index contributed by atoms with van der Waals surface area (Å²) < 4.78 is 0. The molecule has 1 aromatic carbocycles.